The van der Waals surface area contributed by atoms with Crippen LogP contribution in [-0.4, -0.2) is 0 Å². The maximum absolute atomic E-state index is 13.7. The number of nitrogens with zero attached hydrogens (tertiary/aromatic N) is 1. The van der Waals surface area contributed by atoms with Gasteiger partial charge in [-0.1, -0.05) is 46.3 Å². The van der Waals surface area contributed by atoms with Crippen molar-refractivity contribution in [2.75, 3.05) is 0 Å². The molecule has 0 N–H and O–H groups in total. The lowest BCUT2D eigenvalue weighted by atomic mass is 10.0. The summed E-state index contributed by atoms with van der Waals surface area (Å²) in [6.45, 7) is 0. The van der Waals surface area contributed by atoms with Gasteiger partial charge in [0.1, 0.15) is 5.82 Å². The van der Waals surface area contributed by atoms with Gasteiger partial charge in [0.25, 0.3) is 0 Å². The van der Waals surface area contributed by atoms with Gasteiger partial charge >= 0.3 is 0 Å². The molecule has 0 unspecified atom stereocenters. The average Bonchev–Trinajstić information content (AvgIpc) is 2.31. The van der Waals surface area contributed by atoms with Crippen LogP contribution in [-0.2, 0) is 6.42 Å². The maximum atomic E-state index is 13.7. The maximum Gasteiger partial charge on any atom is 0.132 e. The molecule has 0 spiro atoms. The molecule has 0 fully saturated rings. The van der Waals surface area contributed by atoms with E-state index < -0.39 is 0 Å². The molecule has 0 aliphatic carbocycles. The lowest BCUT2D eigenvalue weighted by molar-refractivity contribution is 0.630. The summed E-state index contributed by atoms with van der Waals surface area (Å²) < 4.78 is 14.4. The standard InChI is InChI=1S/C14H9BrFN/c15-12-2-1-3-13(16)14(12)11-6-4-10(5-7-11)8-9-17/h1-7H,8H2. The molecule has 2 aromatic rings. The molecule has 0 bridgehead atoms. The van der Waals surface area contributed by atoms with Crippen LogP contribution in [0.25, 0.3) is 11.1 Å². The zero-order valence-corrected chi connectivity index (χ0v) is 10.5. The predicted molar refractivity (Wildman–Crippen MR) is 68.9 cm³/mol. The van der Waals surface area contributed by atoms with Crippen molar-refractivity contribution in [2.24, 2.45) is 0 Å². The van der Waals surface area contributed by atoms with E-state index in [1.165, 1.54) is 6.07 Å². The topological polar surface area (TPSA) is 23.8 Å². The Hall–Kier alpha value is -1.66. The molecule has 0 saturated heterocycles. The lowest BCUT2D eigenvalue weighted by Crippen LogP contribution is -1.87. The Morgan fingerprint density at radius 1 is 1.12 bits per heavy atom. The van der Waals surface area contributed by atoms with Gasteiger partial charge < -0.3 is 0 Å². The van der Waals surface area contributed by atoms with Gasteiger partial charge in [-0.05, 0) is 23.3 Å². The Morgan fingerprint density at radius 3 is 2.41 bits per heavy atom. The van der Waals surface area contributed by atoms with Gasteiger partial charge in [0.05, 0.1) is 12.5 Å². The van der Waals surface area contributed by atoms with Crippen LogP contribution >= 0.6 is 15.9 Å². The molecule has 17 heavy (non-hydrogen) atoms. The molecule has 2 aromatic carbocycles. The van der Waals surface area contributed by atoms with E-state index in [0.717, 1.165) is 15.6 Å². The van der Waals surface area contributed by atoms with Crippen molar-refractivity contribution in [1.82, 2.24) is 0 Å². The zero-order valence-electron chi connectivity index (χ0n) is 8.95. The molecule has 0 radical (unpaired) electrons. The van der Waals surface area contributed by atoms with Crippen molar-refractivity contribution >= 4 is 15.9 Å². The third kappa shape index (κ3) is 2.54. The number of rotatable bonds is 2. The molecule has 0 amide bonds. The van der Waals surface area contributed by atoms with Gasteiger partial charge in [-0.2, -0.15) is 5.26 Å². The van der Waals surface area contributed by atoms with Crippen molar-refractivity contribution in [1.29, 1.82) is 5.26 Å². The fraction of sp³-hybridized carbons (Fsp3) is 0.0714. The fourth-order valence-electron chi connectivity index (χ4n) is 1.65. The number of hydrogen-bond acceptors (Lipinski definition) is 1. The van der Waals surface area contributed by atoms with Gasteiger partial charge in [-0.3, -0.25) is 0 Å². The monoisotopic (exact) mass is 289 g/mol. The van der Waals surface area contributed by atoms with Crippen LogP contribution in [0.4, 0.5) is 4.39 Å². The van der Waals surface area contributed by atoms with Gasteiger partial charge in [-0.15, -0.1) is 0 Å². The third-order valence-electron chi connectivity index (χ3n) is 2.49. The van der Waals surface area contributed by atoms with Crippen LogP contribution in [0.2, 0.25) is 0 Å². The Morgan fingerprint density at radius 2 is 1.82 bits per heavy atom. The molecule has 3 heteroatoms. The Balaban J connectivity index is 2.44. The molecular weight excluding hydrogens is 281 g/mol. The fourth-order valence-corrected chi connectivity index (χ4v) is 2.23. The van der Waals surface area contributed by atoms with E-state index in [1.807, 2.05) is 30.3 Å². The number of benzene rings is 2. The Labute approximate surface area is 108 Å². The molecule has 0 saturated carbocycles. The molecule has 84 valence electrons. The van der Waals surface area contributed by atoms with Crippen LogP contribution in [0.1, 0.15) is 5.56 Å². The van der Waals surface area contributed by atoms with Crippen LogP contribution in [0.15, 0.2) is 46.9 Å². The summed E-state index contributed by atoms with van der Waals surface area (Å²) in [6.07, 6.45) is 0.374. The van der Waals surface area contributed by atoms with Crippen LogP contribution in [0.3, 0.4) is 0 Å². The van der Waals surface area contributed by atoms with E-state index in [9.17, 15) is 4.39 Å². The van der Waals surface area contributed by atoms with Crippen molar-refractivity contribution in [2.45, 2.75) is 6.42 Å². The first-order chi connectivity index (χ1) is 8.22. The van der Waals surface area contributed by atoms with Gasteiger partial charge in [-0.25, -0.2) is 4.39 Å². The Bertz CT molecular complexity index is 550. The molecule has 0 aromatic heterocycles. The van der Waals surface area contributed by atoms with E-state index in [0.29, 0.717) is 12.0 Å². The summed E-state index contributed by atoms with van der Waals surface area (Å²) in [6, 6.07) is 14.3. The van der Waals surface area contributed by atoms with Crippen molar-refractivity contribution < 1.29 is 4.39 Å². The van der Waals surface area contributed by atoms with Crippen molar-refractivity contribution in [3.8, 4) is 17.2 Å². The number of nitriles is 1. The minimum atomic E-state index is -0.257. The lowest BCUT2D eigenvalue weighted by Gasteiger charge is -2.06. The summed E-state index contributed by atoms with van der Waals surface area (Å²) in [7, 11) is 0. The van der Waals surface area contributed by atoms with Crippen molar-refractivity contribution in [3.63, 3.8) is 0 Å². The third-order valence-corrected chi connectivity index (χ3v) is 3.15. The highest BCUT2D eigenvalue weighted by atomic mass is 79.9. The second-order valence-corrected chi connectivity index (χ2v) is 4.48. The molecule has 0 aliphatic rings. The Kier molecular flexibility index (Phi) is 3.55. The van der Waals surface area contributed by atoms with E-state index in [4.69, 9.17) is 5.26 Å². The predicted octanol–water partition coefficient (Wildman–Crippen LogP) is 4.32. The normalized spacial score (nSPS) is 9.94. The first kappa shape index (κ1) is 11.8. The van der Waals surface area contributed by atoms with E-state index in [-0.39, 0.29) is 5.82 Å². The first-order valence-corrected chi connectivity index (χ1v) is 5.92. The quantitative estimate of drug-likeness (QED) is 0.808. The van der Waals surface area contributed by atoms with Gasteiger partial charge in [0.15, 0.2) is 0 Å². The molecular formula is C14H9BrFN. The first-order valence-electron chi connectivity index (χ1n) is 5.12. The largest absolute Gasteiger partial charge is 0.206 e. The zero-order chi connectivity index (χ0) is 12.3. The van der Waals surface area contributed by atoms with Crippen LogP contribution < -0.4 is 0 Å². The van der Waals surface area contributed by atoms with Crippen LogP contribution in [0.5, 0.6) is 0 Å². The average molecular weight is 290 g/mol. The van der Waals surface area contributed by atoms with Crippen molar-refractivity contribution in [3.05, 3.63) is 58.3 Å². The second-order valence-electron chi connectivity index (χ2n) is 3.63. The summed E-state index contributed by atoms with van der Waals surface area (Å²) in [5, 5.41) is 8.58. The SMILES string of the molecule is N#CCc1ccc(-c2c(F)cccc2Br)cc1. The molecule has 0 aliphatic heterocycles. The second kappa shape index (κ2) is 5.11. The summed E-state index contributed by atoms with van der Waals surface area (Å²) >= 11 is 3.34. The highest BCUT2D eigenvalue weighted by molar-refractivity contribution is 9.10. The van der Waals surface area contributed by atoms with Crippen LogP contribution in [0, 0.1) is 17.1 Å². The summed E-state index contributed by atoms with van der Waals surface area (Å²) in [5.74, 6) is -0.257. The summed E-state index contributed by atoms with van der Waals surface area (Å²) in [4.78, 5) is 0. The van der Waals surface area contributed by atoms with E-state index in [2.05, 4.69) is 22.0 Å². The highest BCUT2D eigenvalue weighted by Gasteiger charge is 2.08. The minimum absolute atomic E-state index is 0.257. The molecule has 2 rings (SSSR count). The number of hydrogen-bond donors (Lipinski definition) is 0. The van der Waals surface area contributed by atoms with E-state index >= 15 is 0 Å². The number of halogens is 2. The highest BCUT2D eigenvalue weighted by Crippen LogP contribution is 2.30. The molecule has 0 atom stereocenters. The van der Waals surface area contributed by atoms with Gasteiger partial charge in [0, 0.05) is 10.0 Å². The van der Waals surface area contributed by atoms with E-state index in [1.54, 1.807) is 6.07 Å². The minimum Gasteiger partial charge on any atom is -0.206 e. The van der Waals surface area contributed by atoms with Gasteiger partial charge in [0.2, 0.25) is 0 Å². The summed E-state index contributed by atoms with van der Waals surface area (Å²) in [5.41, 5.74) is 2.29. The molecule has 0 heterocycles. The molecule has 1 nitrogen and oxygen atoms in total. The smallest absolute Gasteiger partial charge is 0.132 e.